The second-order valence-corrected chi connectivity index (χ2v) is 8.61. The van der Waals surface area contributed by atoms with Crippen molar-refractivity contribution in [3.05, 3.63) is 58.9 Å². The molecule has 0 spiro atoms. The Balaban J connectivity index is 2.31. The van der Waals surface area contributed by atoms with Gasteiger partial charge in [-0.1, -0.05) is 17.7 Å². The highest BCUT2D eigenvalue weighted by Gasteiger charge is 2.25. The van der Waals surface area contributed by atoms with Gasteiger partial charge in [0.2, 0.25) is 10.0 Å². The van der Waals surface area contributed by atoms with Gasteiger partial charge in [0.1, 0.15) is 0 Å². The van der Waals surface area contributed by atoms with E-state index in [9.17, 15) is 13.2 Å². The Bertz CT molecular complexity index is 886. The Labute approximate surface area is 159 Å². The first-order chi connectivity index (χ1) is 12.1. The molecule has 0 aliphatic rings. The second kappa shape index (κ2) is 8.16. The Morgan fingerprint density at radius 2 is 1.88 bits per heavy atom. The maximum absolute atomic E-state index is 12.6. The standard InChI is InChI=1S/C18H22ClN3O3S/c1-12(2)22(4)26(24,25)14-8-9-16(19)15(11-14)18(23)21-13(3)17-7-5-6-10-20-17/h5-13H,1-4H3,(H,21,23). The van der Waals surface area contributed by atoms with E-state index in [2.05, 4.69) is 10.3 Å². The van der Waals surface area contributed by atoms with Crippen LogP contribution in [0.4, 0.5) is 0 Å². The van der Waals surface area contributed by atoms with Crippen LogP contribution in [-0.2, 0) is 10.0 Å². The van der Waals surface area contributed by atoms with Crippen molar-refractivity contribution in [3.8, 4) is 0 Å². The van der Waals surface area contributed by atoms with E-state index in [1.165, 1.54) is 29.6 Å². The molecule has 140 valence electrons. The minimum atomic E-state index is -3.71. The summed E-state index contributed by atoms with van der Waals surface area (Å²) >= 11 is 6.13. The molecule has 1 aromatic carbocycles. The molecule has 0 aliphatic carbocycles. The molecule has 0 bridgehead atoms. The van der Waals surface area contributed by atoms with E-state index < -0.39 is 15.9 Å². The zero-order valence-electron chi connectivity index (χ0n) is 15.1. The largest absolute Gasteiger partial charge is 0.344 e. The number of amides is 1. The third kappa shape index (κ3) is 4.41. The molecule has 6 nitrogen and oxygen atoms in total. The van der Waals surface area contributed by atoms with E-state index in [1.54, 1.807) is 39.1 Å². The SMILES string of the molecule is CC(NC(=O)c1cc(S(=O)(=O)N(C)C(C)C)ccc1Cl)c1ccccn1. The summed E-state index contributed by atoms with van der Waals surface area (Å²) in [4.78, 5) is 16.8. The van der Waals surface area contributed by atoms with Gasteiger partial charge in [-0.25, -0.2) is 8.42 Å². The number of hydrogen-bond acceptors (Lipinski definition) is 4. The summed E-state index contributed by atoms with van der Waals surface area (Å²) in [7, 11) is -2.21. The van der Waals surface area contributed by atoms with Crippen molar-refractivity contribution in [3.63, 3.8) is 0 Å². The van der Waals surface area contributed by atoms with Gasteiger partial charge < -0.3 is 5.32 Å². The van der Waals surface area contributed by atoms with Gasteiger partial charge in [-0.2, -0.15) is 4.31 Å². The fourth-order valence-electron chi connectivity index (χ4n) is 2.26. The van der Waals surface area contributed by atoms with Crippen molar-refractivity contribution in [1.29, 1.82) is 0 Å². The van der Waals surface area contributed by atoms with Gasteiger partial charge in [0.15, 0.2) is 0 Å². The van der Waals surface area contributed by atoms with Crippen molar-refractivity contribution < 1.29 is 13.2 Å². The molecule has 0 saturated carbocycles. The lowest BCUT2D eigenvalue weighted by Crippen LogP contribution is -2.33. The first kappa shape index (κ1) is 20.4. The molecule has 26 heavy (non-hydrogen) atoms. The lowest BCUT2D eigenvalue weighted by atomic mass is 10.1. The molecule has 1 heterocycles. The molecule has 2 aromatic rings. The summed E-state index contributed by atoms with van der Waals surface area (Å²) in [6.45, 7) is 5.34. The van der Waals surface area contributed by atoms with E-state index in [0.29, 0.717) is 5.69 Å². The monoisotopic (exact) mass is 395 g/mol. The van der Waals surface area contributed by atoms with E-state index in [1.807, 2.05) is 6.07 Å². The molecule has 1 aromatic heterocycles. The summed E-state index contributed by atoms with van der Waals surface area (Å²) in [5.41, 5.74) is 0.799. The number of halogens is 1. The number of carbonyl (C=O) groups is 1. The minimum Gasteiger partial charge on any atom is -0.344 e. The number of pyridine rings is 1. The summed E-state index contributed by atoms with van der Waals surface area (Å²) in [5, 5.41) is 2.97. The van der Waals surface area contributed by atoms with Gasteiger partial charge in [-0.05, 0) is 51.1 Å². The predicted octanol–water partition coefficient (Wildman–Crippen LogP) is 3.25. The quantitative estimate of drug-likeness (QED) is 0.814. The molecule has 1 atom stereocenters. The highest BCUT2D eigenvalue weighted by Crippen LogP contribution is 2.24. The van der Waals surface area contributed by atoms with Crippen molar-refractivity contribution in [1.82, 2.24) is 14.6 Å². The Morgan fingerprint density at radius 1 is 1.19 bits per heavy atom. The van der Waals surface area contributed by atoms with E-state index in [-0.39, 0.29) is 27.6 Å². The Kier molecular flexibility index (Phi) is 6.39. The second-order valence-electron chi connectivity index (χ2n) is 6.21. The van der Waals surface area contributed by atoms with Crippen molar-refractivity contribution in [2.75, 3.05) is 7.05 Å². The molecule has 0 saturated heterocycles. The molecule has 1 N–H and O–H groups in total. The van der Waals surface area contributed by atoms with Crippen LogP contribution in [0.25, 0.3) is 0 Å². The normalized spacial score (nSPS) is 13.0. The molecule has 1 unspecified atom stereocenters. The minimum absolute atomic E-state index is 0.0220. The maximum atomic E-state index is 12.6. The number of sulfonamides is 1. The average Bonchev–Trinajstić information content (AvgIpc) is 2.61. The van der Waals surface area contributed by atoms with Crippen molar-refractivity contribution in [2.24, 2.45) is 0 Å². The number of carbonyl (C=O) groups excluding carboxylic acids is 1. The van der Waals surface area contributed by atoms with Crippen LogP contribution in [0.3, 0.4) is 0 Å². The third-order valence-corrected chi connectivity index (χ3v) is 6.42. The van der Waals surface area contributed by atoms with Gasteiger partial charge in [-0.15, -0.1) is 0 Å². The smallest absolute Gasteiger partial charge is 0.253 e. The van der Waals surface area contributed by atoms with Gasteiger partial charge in [0.25, 0.3) is 5.91 Å². The first-order valence-electron chi connectivity index (χ1n) is 8.14. The van der Waals surface area contributed by atoms with Crippen LogP contribution in [0.1, 0.15) is 42.9 Å². The molecule has 2 rings (SSSR count). The van der Waals surface area contributed by atoms with E-state index in [4.69, 9.17) is 11.6 Å². The number of rotatable bonds is 6. The molecule has 0 fully saturated rings. The van der Waals surface area contributed by atoms with E-state index in [0.717, 1.165) is 0 Å². The van der Waals surface area contributed by atoms with Gasteiger partial charge in [-0.3, -0.25) is 9.78 Å². The fourth-order valence-corrected chi connectivity index (χ4v) is 3.86. The third-order valence-electron chi connectivity index (χ3n) is 4.07. The number of nitrogens with one attached hydrogen (secondary N) is 1. The molecule has 8 heteroatoms. The number of nitrogens with zero attached hydrogens (tertiary/aromatic N) is 2. The lowest BCUT2D eigenvalue weighted by molar-refractivity contribution is 0.0939. The molecule has 1 amide bonds. The van der Waals surface area contributed by atoms with Crippen LogP contribution in [0.2, 0.25) is 5.02 Å². The molecular weight excluding hydrogens is 374 g/mol. The van der Waals surface area contributed by atoms with Gasteiger partial charge in [0.05, 0.1) is 27.2 Å². The van der Waals surface area contributed by atoms with Gasteiger partial charge in [0, 0.05) is 19.3 Å². The Hall–Kier alpha value is -1.96. The molecule has 0 aliphatic heterocycles. The molecular formula is C18H22ClN3O3S. The van der Waals surface area contributed by atoms with Crippen molar-refractivity contribution in [2.45, 2.75) is 37.8 Å². The summed E-state index contributed by atoms with van der Waals surface area (Å²) < 4.78 is 26.5. The first-order valence-corrected chi connectivity index (χ1v) is 9.95. The summed E-state index contributed by atoms with van der Waals surface area (Å²) in [6.07, 6.45) is 1.64. The van der Waals surface area contributed by atoms with Crippen LogP contribution in [0, 0.1) is 0 Å². The fraction of sp³-hybridized carbons (Fsp3) is 0.333. The van der Waals surface area contributed by atoms with Crippen LogP contribution < -0.4 is 5.32 Å². The van der Waals surface area contributed by atoms with Crippen LogP contribution in [0.5, 0.6) is 0 Å². The van der Waals surface area contributed by atoms with Gasteiger partial charge >= 0.3 is 0 Å². The molecule has 0 radical (unpaired) electrons. The number of aromatic nitrogens is 1. The van der Waals surface area contributed by atoms with Crippen molar-refractivity contribution >= 4 is 27.5 Å². The number of hydrogen-bond donors (Lipinski definition) is 1. The summed E-state index contributed by atoms with van der Waals surface area (Å²) in [6, 6.07) is 8.97. The van der Waals surface area contributed by atoms with Crippen LogP contribution in [0.15, 0.2) is 47.5 Å². The predicted molar refractivity (Wildman–Crippen MR) is 102 cm³/mol. The topological polar surface area (TPSA) is 79.4 Å². The van der Waals surface area contributed by atoms with Crippen LogP contribution in [-0.4, -0.2) is 36.7 Å². The maximum Gasteiger partial charge on any atom is 0.253 e. The summed E-state index contributed by atoms with van der Waals surface area (Å²) in [5.74, 6) is -0.461. The zero-order valence-corrected chi connectivity index (χ0v) is 16.7. The van der Waals surface area contributed by atoms with E-state index >= 15 is 0 Å². The average molecular weight is 396 g/mol. The zero-order chi connectivity index (χ0) is 19.5. The highest BCUT2D eigenvalue weighted by atomic mass is 35.5. The van der Waals surface area contributed by atoms with Crippen LogP contribution >= 0.6 is 11.6 Å². The Morgan fingerprint density at radius 3 is 2.46 bits per heavy atom. The number of benzene rings is 1. The lowest BCUT2D eigenvalue weighted by Gasteiger charge is -2.21. The highest BCUT2D eigenvalue weighted by molar-refractivity contribution is 7.89.